The summed E-state index contributed by atoms with van der Waals surface area (Å²) in [7, 11) is 0. The number of hydrogen-bond donors (Lipinski definition) is 1. The van der Waals surface area contributed by atoms with Crippen molar-refractivity contribution in [1.82, 2.24) is 15.1 Å². The average molecular weight is 532 g/mol. The summed E-state index contributed by atoms with van der Waals surface area (Å²) in [5.41, 5.74) is 0.396. The highest BCUT2D eigenvalue weighted by Crippen LogP contribution is 2.38. The number of halogens is 4. The summed E-state index contributed by atoms with van der Waals surface area (Å²) in [6, 6.07) is 9.71. The molecule has 2 amide bonds. The van der Waals surface area contributed by atoms with Crippen LogP contribution >= 0.6 is 0 Å². The van der Waals surface area contributed by atoms with E-state index in [-0.39, 0.29) is 30.6 Å². The second-order valence-corrected chi connectivity index (χ2v) is 9.33. The number of nitrogens with zero attached hydrogens (tertiary/aromatic N) is 4. The molecule has 0 saturated carbocycles. The van der Waals surface area contributed by atoms with Crippen molar-refractivity contribution >= 4 is 23.4 Å². The van der Waals surface area contributed by atoms with Crippen LogP contribution in [0.3, 0.4) is 0 Å². The van der Waals surface area contributed by atoms with Crippen molar-refractivity contribution in [2.45, 2.75) is 31.7 Å². The molecule has 0 unspecified atom stereocenters. The van der Waals surface area contributed by atoms with Crippen molar-refractivity contribution in [2.24, 2.45) is 0 Å². The first-order valence-electron chi connectivity index (χ1n) is 12.1. The normalized spacial score (nSPS) is 19.7. The lowest BCUT2D eigenvalue weighted by molar-refractivity contribution is -0.137. The fourth-order valence-electron chi connectivity index (χ4n) is 4.85. The van der Waals surface area contributed by atoms with Crippen LogP contribution in [0.25, 0.3) is 11.1 Å². The van der Waals surface area contributed by atoms with Gasteiger partial charge in [-0.3, -0.25) is 14.4 Å². The first-order valence-corrected chi connectivity index (χ1v) is 12.1. The third-order valence-electron chi connectivity index (χ3n) is 6.72. The smallest absolute Gasteiger partial charge is 0.417 e. The third-order valence-corrected chi connectivity index (χ3v) is 6.72. The van der Waals surface area contributed by atoms with E-state index in [0.717, 1.165) is 6.07 Å². The molecule has 2 fully saturated rings. The number of anilines is 2. The van der Waals surface area contributed by atoms with Crippen LogP contribution < -0.4 is 15.1 Å². The maximum absolute atomic E-state index is 15.1. The van der Waals surface area contributed by atoms with Crippen LogP contribution in [0.4, 0.5) is 33.7 Å². The Labute approximate surface area is 215 Å². The molecule has 0 bridgehead atoms. The van der Waals surface area contributed by atoms with E-state index in [9.17, 15) is 22.8 Å². The molecule has 2 aromatic carbocycles. The van der Waals surface area contributed by atoms with E-state index in [1.807, 2.05) is 4.90 Å². The molecule has 3 heterocycles. The summed E-state index contributed by atoms with van der Waals surface area (Å²) in [6.45, 7) is 2.67. The first-order chi connectivity index (χ1) is 18.1. The zero-order chi connectivity index (χ0) is 27.0. The van der Waals surface area contributed by atoms with Crippen molar-refractivity contribution in [1.29, 1.82) is 0 Å². The van der Waals surface area contributed by atoms with Gasteiger partial charge >= 0.3 is 12.3 Å². The number of ether oxygens (including phenoxy) is 1. The van der Waals surface area contributed by atoms with Gasteiger partial charge in [0.15, 0.2) is 0 Å². The molecule has 1 N–H and O–H groups in total. The average Bonchev–Trinajstić information content (AvgIpc) is 3.62. The number of carbonyl (C=O) groups is 2. The molecule has 0 aliphatic carbocycles. The summed E-state index contributed by atoms with van der Waals surface area (Å²) < 4.78 is 62.3. The SMILES string of the molecule is CC(=O)NC[C@H]1CN(c2ccc(N3CC[C@H](n4cc(-c5ccccc5C(F)(F)F)cn4)C3)c(F)c2)C(=O)O1. The zero-order valence-electron chi connectivity index (χ0n) is 20.4. The van der Waals surface area contributed by atoms with E-state index in [1.54, 1.807) is 29.1 Å². The highest BCUT2D eigenvalue weighted by atomic mass is 19.4. The van der Waals surface area contributed by atoms with Crippen molar-refractivity contribution in [3.63, 3.8) is 0 Å². The molecule has 2 saturated heterocycles. The molecule has 2 aliphatic heterocycles. The Hall–Kier alpha value is -4.09. The van der Waals surface area contributed by atoms with Crippen molar-refractivity contribution in [3.05, 3.63) is 66.2 Å². The van der Waals surface area contributed by atoms with Crippen molar-refractivity contribution in [3.8, 4) is 11.1 Å². The minimum absolute atomic E-state index is 0.0579. The molecule has 5 rings (SSSR count). The maximum Gasteiger partial charge on any atom is 0.417 e. The molecule has 12 heteroatoms. The molecule has 2 atom stereocenters. The van der Waals surface area contributed by atoms with E-state index in [2.05, 4.69) is 10.4 Å². The van der Waals surface area contributed by atoms with Crippen LogP contribution in [-0.4, -0.2) is 54.1 Å². The van der Waals surface area contributed by atoms with Crippen LogP contribution in [0.15, 0.2) is 54.9 Å². The van der Waals surface area contributed by atoms with E-state index in [0.29, 0.717) is 36.4 Å². The molecule has 0 spiro atoms. The number of benzene rings is 2. The van der Waals surface area contributed by atoms with Gasteiger partial charge in [0, 0.05) is 31.8 Å². The molecule has 8 nitrogen and oxygen atoms in total. The van der Waals surface area contributed by atoms with Gasteiger partial charge in [-0.15, -0.1) is 0 Å². The lowest BCUT2D eigenvalue weighted by Gasteiger charge is -2.21. The van der Waals surface area contributed by atoms with Gasteiger partial charge < -0.3 is 15.0 Å². The quantitative estimate of drug-likeness (QED) is 0.470. The second kappa shape index (κ2) is 9.99. The summed E-state index contributed by atoms with van der Waals surface area (Å²) in [5, 5.41) is 6.90. The molecule has 200 valence electrons. The Bertz CT molecular complexity index is 1360. The van der Waals surface area contributed by atoms with Gasteiger partial charge in [0.1, 0.15) is 11.9 Å². The van der Waals surface area contributed by atoms with E-state index < -0.39 is 29.8 Å². The second-order valence-electron chi connectivity index (χ2n) is 9.33. The summed E-state index contributed by atoms with van der Waals surface area (Å²) >= 11 is 0. The predicted molar refractivity (Wildman–Crippen MR) is 131 cm³/mol. The van der Waals surface area contributed by atoms with Gasteiger partial charge in [0.25, 0.3) is 0 Å². The Balaban J connectivity index is 1.27. The lowest BCUT2D eigenvalue weighted by atomic mass is 10.0. The third kappa shape index (κ3) is 5.15. The highest BCUT2D eigenvalue weighted by molar-refractivity contribution is 5.90. The Morgan fingerprint density at radius 1 is 1.18 bits per heavy atom. The largest absolute Gasteiger partial charge is 0.442 e. The number of cyclic esters (lactones) is 1. The Morgan fingerprint density at radius 3 is 2.71 bits per heavy atom. The summed E-state index contributed by atoms with van der Waals surface area (Å²) in [4.78, 5) is 26.5. The van der Waals surface area contributed by atoms with E-state index >= 15 is 4.39 Å². The molecule has 38 heavy (non-hydrogen) atoms. The molecule has 0 radical (unpaired) electrons. The number of amides is 2. The van der Waals surface area contributed by atoms with Gasteiger partial charge in [-0.25, -0.2) is 9.18 Å². The number of carbonyl (C=O) groups excluding carboxylic acids is 2. The monoisotopic (exact) mass is 531 g/mol. The van der Waals surface area contributed by atoms with Gasteiger partial charge in [-0.05, 0) is 36.2 Å². The Morgan fingerprint density at radius 2 is 1.97 bits per heavy atom. The molecular weight excluding hydrogens is 506 g/mol. The van der Waals surface area contributed by atoms with E-state index in [4.69, 9.17) is 4.74 Å². The molecule has 3 aromatic rings. The number of hydrogen-bond acceptors (Lipinski definition) is 5. The zero-order valence-corrected chi connectivity index (χ0v) is 20.4. The number of nitrogens with one attached hydrogen (secondary N) is 1. The fraction of sp³-hybridized carbons (Fsp3) is 0.346. The minimum Gasteiger partial charge on any atom is -0.442 e. The maximum atomic E-state index is 15.1. The minimum atomic E-state index is -4.48. The van der Waals surface area contributed by atoms with Crippen LogP contribution in [0.5, 0.6) is 0 Å². The van der Waals surface area contributed by atoms with Crippen molar-refractivity contribution in [2.75, 3.05) is 36.0 Å². The van der Waals surface area contributed by atoms with Crippen LogP contribution in [0.2, 0.25) is 0 Å². The van der Waals surface area contributed by atoms with Gasteiger partial charge in [0.2, 0.25) is 5.91 Å². The predicted octanol–water partition coefficient (Wildman–Crippen LogP) is 4.62. The molecule has 1 aromatic heterocycles. The molecular formula is C26H25F4N5O3. The summed E-state index contributed by atoms with van der Waals surface area (Å²) in [5.74, 6) is -0.752. The number of alkyl halides is 3. The van der Waals surface area contributed by atoms with Crippen LogP contribution in [0, 0.1) is 5.82 Å². The van der Waals surface area contributed by atoms with Crippen molar-refractivity contribution < 1.29 is 31.9 Å². The van der Waals surface area contributed by atoms with E-state index in [1.165, 1.54) is 36.2 Å². The van der Waals surface area contributed by atoms with Gasteiger partial charge in [-0.2, -0.15) is 18.3 Å². The van der Waals surface area contributed by atoms with Gasteiger partial charge in [-0.1, -0.05) is 18.2 Å². The topological polar surface area (TPSA) is 79.7 Å². The fourth-order valence-corrected chi connectivity index (χ4v) is 4.85. The lowest BCUT2D eigenvalue weighted by Crippen LogP contribution is -2.33. The van der Waals surface area contributed by atoms with Crippen LogP contribution in [0.1, 0.15) is 24.9 Å². The van der Waals surface area contributed by atoms with Crippen LogP contribution in [-0.2, 0) is 15.7 Å². The number of rotatable bonds is 6. The van der Waals surface area contributed by atoms with Gasteiger partial charge in [0.05, 0.1) is 42.3 Å². The first kappa shape index (κ1) is 25.6. The standard InChI is InChI=1S/C26H25F4N5O3/c1-16(36)31-12-20-15-34(25(37)38-20)18-6-7-24(23(27)10-18)33-9-8-19(14-33)35-13-17(11-32-35)21-4-2-3-5-22(21)26(28,29)30/h2-7,10-11,13,19-20H,8-9,12,14-15H2,1H3,(H,31,36)/t19-,20-/m0/s1. The summed E-state index contributed by atoms with van der Waals surface area (Å²) in [6.07, 6.45) is -1.99. The highest BCUT2D eigenvalue weighted by Gasteiger charge is 2.35. The molecule has 2 aliphatic rings. The number of aromatic nitrogens is 2. The Kier molecular flexibility index (Phi) is 6.72.